The van der Waals surface area contributed by atoms with Gasteiger partial charge in [0.1, 0.15) is 11.0 Å². The van der Waals surface area contributed by atoms with Gasteiger partial charge in [-0.1, -0.05) is 0 Å². The summed E-state index contributed by atoms with van der Waals surface area (Å²) in [6.07, 6.45) is -0.949. The van der Waals surface area contributed by atoms with Crippen molar-refractivity contribution in [2.75, 3.05) is 13.2 Å². The zero-order chi connectivity index (χ0) is 12.3. The number of aliphatic hydroxyl groups excluding tert-OH is 2. The molecule has 0 saturated heterocycles. The van der Waals surface area contributed by atoms with Gasteiger partial charge in [0.15, 0.2) is 0 Å². The fraction of sp³-hybridized carbons (Fsp3) is 0.300. The number of aromatic amines is 1. The minimum Gasteiger partial charge on any atom is -0.394 e. The second kappa shape index (κ2) is 4.89. The van der Waals surface area contributed by atoms with Crippen molar-refractivity contribution in [3.8, 4) is 0 Å². The van der Waals surface area contributed by atoms with E-state index in [1.807, 2.05) is 0 Å². The van der Waals surface area contributed by atoms with Crippen molar-refractivity contribution in [3.05, 3.63) is 23.8 Å². The first-order valence-corrected chi connectivity index (χ1v) is 5.08. The van der Waals surface area contributed by atoms with Crippen LogP contribution in [0, 0.1) is 0 Å². The molecule has 0 fully saturated rings. The molecule has 2 aromatic rings. The number of carbonyl (C=O) groups is 1. The zero-order valence-corrected chi connectivity index (χ0v) is 8.92. The van der Waals surface area contributed by atoms with Gasteiger partial charge in [0.25, 0.3) is 5.91 Å². The number of aromatic nitrogens is 3. The number of nitrogens with zero attached hydrogens (tertiary/aromatic N) is 2. The Labute approximate surface area is 96.5 Å². The lowest BCUT2D eigenvalue weighted by atomic mass is 10.2. The number of aliphatic hydroxyl groups is 2. The third-order valence-electron chi connectivity index (χ3n) is 2.29. The molecule has 0 aliphatic heterocycles. The maximum absolute atomic E-state index is 11.7. The van der Waals surface area contributed by atoms with Crippen LogP contribution in [0.25, 0.3) is 11.0 Å². The highest BCUT2D eigenvalue weighted by Crippen LogP contribution is 2.10. The van der Waals surface area contributed by atoms with Gasteiger partial charge in [-0.05, 0) is 18.2 Å². The number of carbonyl (C=O) groups excluding carboxylic acids is 1. The van der Waals surface area contributed by atoms with Gasteiger partial charge in [0.2, 0.25) is 0 Å². The summed E-state index contributed by atoms with van der Waals surface area (Å²) in [7, 11) is 0. The molecule has 17 heavy (non-hydrogen) atoms. The van der Waals surface area contributed by atoms with Gasteiger partial charge in [-0.3, -0.25) is 4.79 Å². The number of amides is 1. The molecule has 2 rings (SSSR count). The van der Waals surface area contributed by atoms with E-state index >= 15 is 0 Å². The smallest absolute Gasteiger partial charge is 0.251 e. The quantitative estimate of drug-likeness (QED) is 0.546. The minimum atomic E-state index is -0.949. The summed E-state index contributed by atoms with van der Waals surface area (Å²) in [4.78, 5) is 11.7. The molecule has 90 valence electrons. The third-order valence-corrected chi connectivity index (χ3v) is 2.29. The fourth-order valence-electron chi connectivity index (χ4n) is 1.36. The molecule has 1 amide bonds. The van der Waals surface area contributed by atoms with E-state index in [1.54, 1.807) is 18.2 Å². The highest BCUT2D eigenvalue weighted by Gasteiger charge is 2.09. The second-order valence-electron chi connectivity index (χ2n) is 3.57. The number of hydrogen-bond donors (Lipinski definition) is 4. The van der Waals surface area contributed by atoms with Crippen molar-refractivity contribution >= 4 is 16.9 Å². The molecule has 1 aromatic carbocycles. The van der Waals surface area contributed by atoms with Crippen LogP contribution in [0.3, 0.4) is 0 Å². The predicted molar refractivity (Wildman–Crippen MR) is 59.3 cm³/mol. The van der Waals surface area contributed by atoms with Gasteiger partial charge in [0.05, 0.1) is 12.7 Å². The molecule has 0 aliphatic rings. The first-order chi connectivity index (χ1) is 8.20. The monoisotopic (exact) mass is 236 g/mol. The molecule has 7 heteroatoms. The summed E-state index contributed by atoms with van der Waals surface area (Å²) in [6, 6.07) is 4.89. The first kappa shape index (κ1) is 11.5. The van der Waals surface area contributed by atoms with Crippen molar-refractivity contribution in [2.24, 2.45) is 0 Å². The van der Waals surface area contributed by atoms with Gasteiger partial charge in [-0.15, -0.1) is 0 Å². The summed E-state index contributed by atoms with van der Waals surface area (Å²) in [6.45, 7) is -0.380. The minimum absolute atomic E-state index is 0.00614. The van der Waals surface area contributed by atoms with E-state index in [0.717, 1.165) is 0 Å². The van der Waals surface area contributed by atoms with Crippen molar-refractivity contribution < 1.29 is 15.0 Å². The maximum atomic E-state index is 11.7. The van der Waals surface area contributed by atoms with E-state index in [-0.39, 0.29) is 19.1 Å². The second-order valence-corrected chi connectivity index (χ2v) is 3.57. The van der Waals surface area contributed by atoms with Crippen LogP contribution < -0.4 is 5.32 Å². The molecule has 1 aromatic heterocycles. The Morgan fingerprint density at radius 3 is 2.94 bits per heavy atom. The third kappa shape index (κ3) is 2.58. The van der Waals surface area contributed by atoms with E-state index in [1.165, 1.54) is 0 Å². The van der Waals surface area contributed by atoms with E-state index in [0.29, 0.717) is 16.6 Å². The van der Waals surface area contributed by atoms with Crippen molar-refractivity contribution in [2.45, 2.75) is 6.10 Å². The normalized spacial score (nSPS) is 12.6. The molecule has 1 heterocycles. The van der Waals surface area contributed by atoms with Crippen LogP contribution in [0.15, 0.2) is 18.2 Å². The number of nitrogens with one attached hydrogen (secondary N) is 2. The molecular formula is C10H12N4O3. The lowest BCUT2D eigenvalue weighted by Gasteiger charge is -2.08. The molecule has 0 bridgehead atoms. The standard InChI is InChI=1S/C10H12N4O3/c15-5-7(16)4-11-10(17)6-1-2-8-9(3-6)13-14-12-8/h1-3,7,15-16H,4-5H2,(H,11,17)(H,12,13,14). The number of benzene rings is 1. The van der Waals surface area contributed by atoms with E-state index < -0.39 is 6.10 Å². The van der Waals surface area contributed by atoms with Crippen LogP contribution in [-0.2, 0) is 0 Å². The van der Waals surface area contributed by atoms with Gasteiger partial charge in [-0.25, -0.2) is 0 Å². The van der Waals surface area contributed by atoms with Crippen molar-refractivity contribution in [1.29, 1.82) is 0 Å². The topological polar surface area (TPSA) is 111 Å². The first-order valence-electron chi connectivity index (χ1n) is 5.08. The number of hydrogen-bond acceptors (Lipinski definition) is 5. The van der Waals surface area contributed by atoms with Gasteiger partial charge in [-0.2, -0.15) is 15.4 Å². The van der Waals surface area contributed by atoms with Crippen molar-refractivity contribution in [1.82, 2.24) is 20.7 Å². The van der Waals surface area contributed by atoms with Crippen LogP contribution >= 0.6 is 0 Å². The molecule has 1 unspecified atom stereocenters. The predicted octanol–water partition coefficient (Wildman–Crippen LogP) is -0.959. The molecule has 7 nitrogen and oxygen atoms in total. The lowest BCUT2D eigenvalue weighted by molar-refractivity contribution is 0.0802. The van der Waals surface area contributed by atoms with E-state index in [2.05, 4.69) is 20.7 Å². The average Bonchev–Trinajstić information content (AvgIpc) is 2.82. The van der Waals surface area contributed by atoms with Crippen LogP contribution in [0.2, 0.25) is 0 Å². The highest BCUT2D eigenvalue weighted by atomic mass is 16.3. The van der Waals surface area contributed by atoms with Gasteiger partial charge >= 0.3 is 0 Å². The van der Waals surface area contributed by atoms with Crippen molar-refractivity contribution in [3.63, 3.8) is 0 Å². The largest absolute Gasteiger partial charge is 0.394 e. The van der Waals surface area contributed by atoms with E-state index in [9.17, 15) is 4.79 Å². The van der Waals surface area contributed by atoms with Gasteiger partial charge in [0, 0.05) is 12.1 Å². The Bertz CT molecular complexity index is 525. The zero-order valence-electron chi connectivity index (χ0n) is 8.92. The number of H-pyrrole nitrogens is 1. The Morgan fingerprint density at radius 1 is 1.41 bits per heavy atom. The maximum Gasteiger partial charge on any atom is 0.251 e. The average molecular weight is 236 g/mol. The molecule has 4 N–H and O–H groups in total. The molecule has 0 aliphatic carbocycles. The summed E-state index contributed by atoms with van der Waals surface area (Å²) >= 11 is 0. The van der Waals surface area contributed by atoms with E-state index in [4.69, 9.17) is 10.2 Å². The Kier molecular flexibility index (Phi) is 3.31. The Hall–Kier alpha value is -1.99. The van der Waals surface area contributed by atoms with Crippen LogP contribution in [0.1, 0.15) is 10.4 Å². The number of rotatable bonds is 4. The van der Waals surface area contributed by atoms with Crippen LogP contribution in [0.4, 0.5) is 0 Å². The molecule has 0 spiro atoms. The molecule has 1 atom stereocenters. The highest BCUT2D eigenvalue weighted by molar-refractivity contribution is 5.97. The summed E-state index contributed by atoms with van der Waals surface area (Å²) in [5.74, 6) is -0.331. The van der Waals surface area contributed by atoms with Crippen LogP contribution in [-0.4, -0.2) is 50.8 Å². The Balaban J connectivity index is 2.08. The SMILES string of the molecule is O=C(NCC(O)CO)c1ccc2n[nH]nc2c1. The van der Waals surface area contributed by atoms with Gasteiger partial charge < -0.3 is 15.5 Å². The molecular weight excluding hydrogens is 224 g/mol. The lowest BCUT2D eigenvalue weighted by Crippen LogP contribution is -2.33. The number of fused-ring (bicyclic) bond motifs is 1. The molecule has 0 radical (unpaired) electrons. The Morgan fingerprint density at radius 2 is 2.18 bits per heavy atom. The summed E-state index contributed by atoms with van der Waals surface area (Å²) in [5, 5.41) is 30.4. The van der Waals surface area contributed by atoms with Crippen LogP contribution in [0.5, 0.6) is 0 Å². The summed E-state index contributed by atoms with van der Waals surface area (Å²) in [5.41, 5.74) is 1.70. The summed E-state index contributed by atoms with van der Waals surface area (Å²) < 4.78 is 0. The fourth-order valence-corrected chi connectivity index (χ4v) is 1.36. The molecule has 0 saturated carbocycles.